The summed E-state index contributed by atoms with van der Waals surface area (Å²) in [5.41, 5.74) is -1.82. The van der Waals surface area contributed by atoms with E-state index in [1.165, 1.54) is 22.8 Å². The Morgan fingerprint density at radius 2 is 1.23 bits per heavy atom. The smallest absolute Gasteiger partial charge is 0.332 e. The van der Waals surface area contributed by atoms with Gasteiger partial charge in [0.05, 0.1) is 62.8 Å². The van der Waals surface area contributed by atoms with Crippen molar-refractivity contribution in [2.45, 2.75) is 24.3 Å². The second kappa shape index (κ2) is 11.7. The Kier molecular flexibility index (Phi) is 7.27. The molecule has 0 N–H and O–H groups in total. The highest BCUT2D eigenvalue weighted by Gasteiger charge is 2.43. The summed E-state index contributed by atoms with van der Waals surface area (Å²) in [6.07, 6.45) is -2.87. The van der Waals surface area contributed by atoms with Crippen molar-refractivity contribution in [2.75, 3.05) is 4.90 Å². The summed E-state index contributed by atoms with van der Waals surface area (Å²) in [4.78, 5) is 1.84. The molecule has 2 atom stereocenters. The number of allylic oxidation sites excluding steroid dienone is 2. The van der Waals surface area contributed by atoms with Gasteiger partial charge < -0.3 is 9.47 Å². The summed E-state index contributed by atoms with van der Waals surface area (Å²) in [6, 6.07) is 27.1. The van der Waals surface area contributed by atoms with Gasteiger partial charge in [0.1, 0.15) is 11.6 Å². The third-order valence-corrected chi connectivity index (χ3v) is 9.68. The van der Waals surface area contributed by atoms with E-state index in [-0.39, 0.29) is 22.9 Å². The molecule has 252 valence electrons. The molecule has 52 heavy (non-hydrogen) atoms. The van der Waals surface area contributed by atoms with Crippen LogP contribution in [-0.2, 0) is 12.4 Å². The number of hydrogen-bond acceptors (Lipinski definition) is 4. The van der Waals surface area contributed by atoms with E-state index in [0.29, 0.717) is 50.8 Å². The molecule has 11 heteroatoms. The van der Waals surface area contributed by atoms with Crippen molar-refractivity contribution in [3.63, 3.8) is 0 Å². The number of nitriles is 3. The number of alkyl halides is 6. The van der Waals surface area contributed by atoms with Gasteiger partial charge in [0.15, 0.2) is 0 Å². The quantitative estimate of drug-likeness (QED) is 0.172. The van der Waals surface area contributed by atoms with Crippen LogP contribution >= 0.6 is 0 Å². The highest BCUT2D eigenvalue weighted by atomic mass is 19.4. The summed E-state index contributed by atoms with van der Waals surface area (Å²) >= 11 is 0. The van der Waals surface area contributed by atoms with Gasteiger partial charge in [-0.05, 0) is 66.2 Å². The first-order valence-corrected chi connectivity index (χ1v) is 15.9. The summed E-state index contributed by atoms with van der Waals surface area (Å²) in [6.45, 7) is 0. The van der Waals surface area contributed by atoms with Crippen molar-refractivity contribution < 1.29 is 26.3 Å². The number of aromatic nitrogens is 1. The first kappa shape index (κ1) is 32.4. The third-order valence-electron chi connectivity index (χ3n) is 9.68. The number of fused-ring (bicyclic) bond motifs is 6. The van der Waals surface area contributed by atoms with Gasteiger partial charge in [-0.3, -0.25) is 0 Å². The molecule has 0 radical (unpaired) electrons. The monoisotopic (exact) mass is 697 g/mol. The number of benzene rings is 5. The SMILES string of the molecule is N#Cc1ccc2c(c1)C1C=CC=CC1N2c1ccc(-c2c(C(F)(F)F)cccc2C(F)(F)F)c(-n2c3ccccc3c3cc(C#N)ccc32)c1C#N. The van der Waals surface area contributed by atoms with E-state index in [2.05, 4.69) is 18.2 Å². The molecule has 2 aliphatic rings. The molecule has 6 aromatic rings. The molecule has 1 aliphatic carbocycles. The maximum atomic E-state index is 14.8. The molecule has 1 aliphatic heterocycles. The Labute approximate surface area is 292 Å². The first-order valence-electron chi connectivity index (χ1n) is 15.9. The molecule has 2 heterocycles. The van der Waals surface area contributed by atoms with Gasteiger partial charge >= 0.3 is 12.4 Å². The van der Waals surface area contributed by atoms with Crippen LogP contribution in [0, 0.1) is 34.0 Å². The van der Waals surface area contributed by atoms with Gasteiger partial charge in [-0.1, -0.05) is 54.6 Å². The van der Waals surface area contributed by atoms with E-state index < -0.39 is 40.6 Å². The van der Waals surface area contributed by atoms with Crippen LogP contribution in [0.25, 0.3) is 38.6 Å². The van der Waals surface area contributed by atoms with E-state index in [1.807, 2.05) is 29.2 Å². The number of rotatable bonds is 3. The van der Waals surface area contributed by atoms with Crippen LogP contribution in [-0.4, -0.2) is 10.6 Å². The van der Waals surface area contributed by atoms with Gasteiger partial charge in [0, 0.05) is 33.5 Å². The highest BCUT2D eigenvalue weighted by Crippen LogP contribution is 2.53. The van der Waals surface area contributed by atoms with E-state index >= 15 is 0 Å². The first-order chi connectivity index (χ1) is 25.0. The standard InChI is InChI=1S/C41H21F6N5/c42-40(43,44)31-8-5-9-32(41(45,46)47)38(31)27-14-17-37(51-33-10-3-1-6-25(33)28-18-23(20-48)12-15-35(28)51)30(22-50)39(27)52-34-11-4-2-7-26(34)29-19-24(21-49)13-16-36(29)52/h1-19,25,33H. The Morgan fingerprint density at radius 3 is 1.92 bits per heavy atom. The van der Waals surface area contributed by atoms with E-state index in [4.69, 9.17) is 0 Å². The fourth-order valence-electron chi connectivity index (χ4n) is 7.61. The van der Waals surface area contributed by atoms with E-state index in [9.17, 15) is 42.1 Å². The molecule has 0 spiro atoms. The topological polar surface area (TPSA) is 79.5 Å². The minimum Gasteiger partial charge on any atom is -0.332 e. The summed E-state index contributed by atoms with van der Waals surface area (Å²) in [7, 11) is 0. The van der Waals surface area contributed by atoms with Crippen LogP contribution in [0.1, 0.15) is 39.3 Å². The maximum absolute atomic E-state index is 14.8. The summed E-state index contributed by atoms with van der Waals surface area (Å²) < 4.78 is 90.1. The van der Waals surface area contributed by atoms with Crippen LogP contribution < -0.4 is 4.90 Å². The third kappa shape index (κ3) is 4.84. The summed E-state index contributed by atoms with van der Waals surface area (Å²) in [5, 5.41) is 31.5. The van der Waals surface area contributed by atoms with Gasteiger partial charge in [0.25, 0.3) is 0 Å². The summed E-state index contributed by atoms with van der Waals surface area (Å²) in [5.74, 6) is -0.261. The molecule has 1 aromatic heterocycles. The Morgan fingerprint density at radius 1 is 0.596 bits per heavy atom. The van der Waals surface area contributed by atoms with Crippen LogP contribution in [0.5, 0.6) is 0 Å². The van der Waals surface area contributed by atoms with E-state index in [1.54, 1.807) is 54.6 Å². The van der Waals surface area contributed by atoms with Crippen molar-refractivity contribution in [1.29, 1.82) is 15.8 Å². The lowest BCUT2D eigenvalue weighted by atomic mass is 9.89. The largest absolute Gasteiger partial charge is 0.417 e. The lowest BCUT2D eigenvalue weighted by Gasteiger charge is -2.31. The average molecular weight is 698 g/mol. The molecule has 0 saturated heterocycles. The number of halogens is 6. The molecule has 0 amide bonds. The predicted molar refractivity (Wildman–Crippen MR) is 184 cm³/mol. The maximum Gasteiger partial charge on any atom is 0.417 e. The van der Waals surface area contributed by atoms with Crippen molar-refractivity contribution >= 4 is 33.2 Å². The van der Waals surface area contributed by atoms with Crippen molar-refractivity contribution in [1.82, 2.24) is 4.57 Å². The van der Waals surface area contributed by atoms with Crippen molar-refractivity contribution in [3.8, 4) is 35.0 Å². The number of hydrogen-bond donors (Lipinski definition) is 0. The minimum atomic E-state index is -5.19. The van der Waals surface area contributed by atoms with Crippen LogP contribution in [0.15, 0.2) is 115 Å². The zero-order valence-corrected chi connectivity index (χ0v) is 26.6. The second-order valence-electron chi connectivity index (χ2n) is 12.4. The van der Waals surface area contributed by atoms with Crippen LogP contribution in [0.3, 0.4) is 0 Å². The Hall–Kier alpha value is -6.77. The molecular weight excluding hydrogens is 676 g/mol. The molecule has 0 fully saturated rings. The number of nitrogens with zero attached hydrogens (tertiary/aromatic N) is 5. The van der Waals surface area contributed by atoms with Gasteiger partial charge in [-0.2, -0.15) is 42.1 Å². The molecule has 0 saturated carbocycles. The Bertz CT molecular complexity index is 2640. The average Bonchev–Trinajstić information content (AvgIpc) is 3.65. The Balaban J connectivity index is 1.55. The normalized spacial score (nSPS) is 16.4. The lowest BCUT2D eigenvalue weighted by molar-refractivity contribution is -0.142. The molecule has 8 rings (SSSR count). The zero-order valence-electron chi connectivity index (χ0n) is 26.6. The van der Waals surface area contributed by atoms with Crippen LogP contribution in [0.2, 0.25) is 0 Å². The van der Waals surface area contributed by atoms with Crippen molar-refractivity contribution in [2.24, 2.45) is 0 Å². The number of anilines is 2. The van der Waals surface area contributed by atoms with Crippen LogP contribution in [0.4, 0.5) is 37.7 Å². The fourth-order valence-corrected chi connectivity index (χ4v) is 7.61. The number of para-hydroxylation sites is 1. The van der Waals surface area contributed by atoms with Gasteiger partial charge in [-0.15, -0.1) is 0 Å². The predicted octanol–water partition coefficient (Wildman–Crippen LogP) is 10.8. The molecule has 0 bridgehead atoms. The van der Waals surface area contributed by atoms with E-state index in [0.717, 1.165) is 11.6 Å². The lowest BCUT2D eigenvalue weighted by Crippen LogP contribution is -2.29. The van der Waals surface area contributed by atoms with Gasteiger partial charge in [-0.25, -0.2) is 0 Å². The highest BCUT2D eigenvalue weighted by molar-refractivity contribution is 6.11. The minimum absolute atomic E-state index is 0.173. The van der Waals surface area contributed by atoms with Crippen molar-refractivity contribution in [3.05, 3.63) is 149 Å². The molecular formula is C41H21F6N5. The second-order valence-corrected chi connectivity index (χ2v) is 12.4. The fraction of sp³-hybridized carbons (Fsp3) is 0.0976. The molecule has 5 nitrogen and oxygen atoms in total. The zero-order chi connectivity index (χ0) is 36.5. The molecule has 2 unspecified atom stereocenters. The van der Waals surface area contributed by atoms with Gasteiger partial charge in [0.2, 0.25) is 0 Å². The molecule has 5 aromatic carbocycles.